The number of hydrogen-bond donors (Lipinski definition) is 1. The molecule has 1 fully saturated rings. The Bertz CT molecular complexity index is 890. The SMILES string of the molecule is CCCNC(=O)[C@@H](C)N(Cc1cccc(Cl)c1)C(=O)CCN1C(=O)[C@H]2CC=CC[C@H]2C1=O. The Morgan fingerprint density at radius 1 is 1.19 bits per heavy atom. The van der Waals surface area contributed by atoms with Crippen LogP contribution < -0.4 is 5.32 Å². The average molecular weight is 460 g/mol. The molecule has 0 radical (unpaired) electrons. The number of imide groups is 1. The Balaban J connectivity index is 1.70. The summed E-state index contributed by atoms with van der Waals surface area (Å²) in [5.74, 6) is -1.57. The van der Waals surface area contributed by atoms with E-state index < -0.39 is 6.04 Å². The van der Waals surface area contributed by atoms with Crippen LogP contribution in [0.4, 0.5) is 0 Å². The van der Waals surface area contributed by atoms with E-state index in [9.17, 15) is 19.2 Å². The summed E-state index contributed by atoms with van der Waals surface area (Å²) in [6, 6.07) is 6.43. The number of fused-ring (bicyclic) bond motifs is 1. The summed E-state index contributed by atoms with van der Waals surface area (Å²) in [6.07, 6.45) is 5.76. The first kappa shape index (κ1) is 24.0. The topological polar surface area (TPSA) is 86.8 Å². The van der Waals surface area contributed by atoms with Gasteiger partial charge in [0, 0.05) is 31.1 Å². The van der Waals surface area contributed by atoms with Gasteiger partial charge in [0.2, 0.25) is 23.6 Å². The van der Waals surface area contributed by atoms with Crippen LogP contribution in [0.25, 0.3) is 0 Å². The van der Waals surface area contributed by atoms with E-state index in [1.54, 1.807) is 25.1 Å². The number of nitrogens with one attached hydrogen (secondary N) is 1. The summed E-state index contributed by atoms with van der Waals surface area (Å²) < 4.78 is 0. The van der Waals surface area contributed by atoms with Gasteiger partial charge in [-0.15, -0.1) is 0 Å². The molecule has 4 amide bonds. The maximum atomic E-state index is 13.2. The normalized spacial score (nSPS) is 20.8. The van der Waals surface area contributed by atoms with Crippen molar-refractivity contribution in [2.24, 2.45) is 11.8 Å². The van der Waals surface area contributed by atoms with Gasteiger partial charge in [0.1, 0.15) is 6.04 Å². The average Bonchev–Trinajstić information content (AvgIpc) is 3.03. The van der Waals surface area contributed by atoms with Crippen molar-refractivity contribution in [1.82, 2.24) is 15.1 Å². The highest BCUT2D eigenvalue weighted by Gasteiger charge is 2.47. The third-order valence-corrected chi connectivity index (χ3v) is 6.34. The minimum Gasteiger partial charge on any atom is -0.354 e. The number of nitrogens with zero attached hydrogens (tertiary/aromatic N) is 2. The number of carbonyl (C=O) groups excluding carboxylic acids is 4. The van der Waals surface area contributed by atoms with Crippen LogP contribution >= 0.6 is 11.6 Å². The number of amides is 4. The van der Waals surface area contributed by atoms with E-state index in [0.717, 1.165) is 12.0 Å². The monoisotopic (exact) mass is 459 g/mol. The van der Waals surface area contributed by atoms with Crippen LogP contribution in [-0.4, -0.2) is 52.6 Å². The Morgan fingerprint density at radius 2 is 1.84 bits per heavy atom. The maximum Gasteiger partial charge on any atom is 0.242 e. The molecule has 1 aliphatic carbocycles. The van der Waals surface area contributed by atoms with Gasteiger partial charge >= 0.3 is 0 Å². The van der Waals surface area contributed by atoms with Gasteiger partial charge in [0.25, 0.3) is 0 Å². The van der Waals surface area contributed by atoms with Crippen molar-refractivity contribution < 1.29 is 19.2 Å². The predicted molar refractivity (Wildman–Crippen MR) is 121 cm³/mol. The molecule has 2 aliphatic rings. The molecule has 32 heavy (non-hydrogen) atoms. The van der Waals surface area contributed by atoms with Gasteiger partial charge in [-0.1, -0.05) is 42.8 Å². The lowest BCUT2D eigenvalue weighted by atomic mass is 9.85. The van der Waals surface area contributed by atoms with E-state index in [1.807, 2.05) is 25.1 Å². The molecule has 1 saturated heterocycles. The molecule has 0 bridgehead atoms. The summed E-state index contributed by atoms with van der Waals surface area (Å²) >= 11 is 6.09. The Hall–Kier alpha value is -2.67. The molecule has 172 valence electrons. The number of rotatable bonds is 9. The summed E-state index contributed by atoms with van der Waals surface area (Å²) in [5, 5.41) is 3.37. The van der Waals surface area contributed by atoms with Crippen molar-refractivity contribution in [3.63, 3.8) is 0 Å². The van der Waals surface area contributed by atoms with Gasteiger partial charge < -0.3 is 10.2 Å². The highest BCUT2D eigenvalue weighted by Crippen LogP contribution is 2.35. The molecule has 3 rings (SSSR count). The molecule has 1 aromatic carbocycles. The largest absolute Gasteiger partial charge is 0.354 e. The quantitative estimate of drug-likeness (QED) is 0.454. The van der Waals surface area contributed by atoms with Crippen LogP contribution in [0.3, 0.4) is 0 Å². The summed E-state index contributed by atoms with van der Waals surface area (Å²) in [7, 11) is 0. The van der Waals surface area contributed by atoms with Gasteiger partial charge in [-0.3, -0.25) is 24.1 Å². The van der Waals surface area contributed by atoms with Crippen molar-refractivity contribution in [2.45, 2.75) is 52.1 Å². The fourth-order valence-electron chi connectivity index (χ4n) is 4.25. The highest BCUT2D eigenvalue weighted by molar-refractivity contribution is 6.30. The molecule has 0 unspecified atom stereocenters. The predicted octanol–water partition coefficient (Wildman–Crippen LogP) is 2.92. The van der Waals surface area contributed by atoms with Gasteiger partial charge in [0.15, 0.2) is 0 Å². The first-order valence-electron chi connectivity index (χ1n) is 11.1. The fraction of sp³-hybridized carbons (Fsp3) is 0.500. The van der Waals surface area contributed by atoms with Crippen molar-refractivity contribution in [3.8, 4) is 0 Å². The molecule has 1 aliphatic heterocycles. The van der Waals surface area contributed by atoms with E-state index in [1.165, 1.54) is 9.80 Å². The minimum atomic E-state index is -0.704. The van der Waals surface area contributed by atoms with Gasteiger partial charge in [-0.25, -0.2) is 0 Å². The van der Waals surface area contributed by atoms with E-state index in [4.69, 9.17) is 11.6 Å². The Kier molecular flexibility index (Phi) is 8.07. The second kappa shape index (κ2) is 10.8. The zero-order valence-electron chi connectivity index (χ0n) is 18.6. The van der Waals surface area contributed by atoms with Crippen LogP contribution in [0.5, 0.6) is 0 Å². The lowest BCUT2D eigenvalue weighted by molar-refractivity contribution is -0.143. The zero-order valence-corrected chi connectivity index (χ0v) is 19.3. The van der Waals surface area contributed by atoms with Crippen molar-refractivity contribution >= 4 is 35.2 Å². The molecule has 0 aromatic heterocycles. The van der Waals surface area contributed by atoms with Gasteiger partial charge in [-0.2, -0.15) is 0 Å². The third kappa shape index (κ3) is 5.38. The number of hydrogen-bond acceptors (Lipinski definition) is 4. The number of benzene rings is 1. The van der Waals surface area contributed by atoms with E-state index in [-0.39, 0.29) is 55.0 Å². The second-order valence-corrected chi connectivity index (χ2v) is 8.79. The first-order valence-corrected chi connectivity index (χ1v) is 11.5. The summed E-state index contributed by atoms with van der Waals surface area (Å²) in [5.41, 5.74) is 0.798. The minimum absolute atomic E-state index is 0.0266. The third-order valence-electron chi connectivity index (χ3n) is 6.11. The first-order chi connectivity index (χ1) is 15.3. The van der Waals surface area contributed by atoms with Gasteiger partial charge in [0.05, 0.1) is 11.8 Å². The van der Waals surface area contributed by atoms with Crippen LogP contribution in [0, 0.1) is 11.8 Å². The van der Waals surface area contributed by atoms with Crippen LogP contribution in [0.1, 0.15) is 45.1 Å². The van der Waals surface area contributed by atoms with Crippen molar-refractivity contribution in [2.75, 3.05) is 13.1 Å². The Morgan fingerprint density at radius 3 is 2.44 bits per heavy atom. The van der Waals surface area contributed by atoms with Crippen LogP contribution in [0.15, 0.2) is 36.4 Å². The molecule has 0 saturated carbocycles. The van der Waals surface area contributed by atoms with Gasteiger partial charge in [-0.05, 0) is 43.9 Å². The number of halogens is 1. The Labute approximate surface area is 193 Å². The number of allylic oxidation sites excluding steroid dienone is 2. The van der Waals surface area contributed by atoms with Crippen LogP contribution in [-0.2, 0) is 25.7 Å². The maximum absolute atomic E-state index is 13.2. The number of carbonyl (C=O) groups is 4. The highest BCUT2D eigenvalue weighted by atomic mass is 35.5. The van der Waals surface area contributed by atoms with E-state index in [0.29, 0.717) is 24.4 Å². The second-order valence-electron chi connectivity index (χ2n) is 8.35. The molecule has 1 heterocycles. The lowest BCUT2D eigenvalue weighted by Crippen LogP contribution is -2.48. The molecule has 3 atom stereocenters. The van der Waals surface area contributed by atoms with Crippen LogP contribution in [0.2, 0.25) is 5.02 Å². The summed E-state index contributed by atoms with van der Waals surface area (Å²) in [4.78, 5) is 53.9. The summed E-state index contributed by atoms with van der Waals surface area (Å²) in [6.45, 7) is 4.39. The zero-order chi connectivity index (χ0) is 23.3. The molecular weight excluding hydrogens is 430 g/mol. The molecule has 0 spiro atoms. The number of likely N-dealkylation sites (tertiary alicyclic amines) is 1. The van der Waals surface area contributed by atoms with Crippen molar-refractivity contribution in [1.29, 1.82) is 0 Å². The molecule has 7 nitrogen and oxygen atoms in total. The lowest BCUT2D eigenvalue weighted by Gasteiger charge is -2.29. The van der Waals surface area contributed by atoms with Crippen molar-refractivity contribution in [3.05, 3.63) is 47.0 Å². The standard InChI is InChI=1S/C24H30ClN3O4/c1-3-12-26-22(30)16(2)28(15-17-7-6-8-18(25)14-17)21(29)11-13-27-23(31)19-9-4-5-10-20(19)24(27)32/h4-8,14,16,19-20H,3,9-13,15H2,1-2H3,(H,26,30)/t16-,19-,20+/m1/s1. The molecular formula is C24H30ClN3O4. The van der Waals surface area contributed by atoms with E-state index >= 15 is 0 Å². The molecule has 1 N–H and O–H groups in total. The van der Waals surface area contributed by atoms with E-state index in [2.05, 4.69) is 5.32 Å². The fourth-order valence-corrected chi connectivity index (χ4v) is 4.46. The molecule has 1 aromatic rings. The molecule has 8 heteroatoms. The smallest absolute Gasteiger partial charge is 0.242 e.